The summed E-state index contributed by atoms with van der Waals surface area (Å²) in [4.78, 5) is 0. The van der Waals surface area contributed by atoms with Crippen LogP contribution in [0.1, 0.15) is 11.6 Å². The molecule has 0 spiro atoms. The molecule has 19 heavy (non-hydrogen) atoms. The lowest BCUT2D eigenvalue weighted by Gasteiger charge is -2.23. The Labute approximate surface area is 116 Å². The topological polar surface area (TPSA) is 64.7 Å². The number of halogens is 4. The van der Waals surface area contributed by atoms with Crippen molar-refractivity contribution in [3.63, 3.8) is 0 Å². The van der Waals surface area contributed by atoms with Gasteiger partial charge in [0.1, 0.15) is 11.5 Å². The minimum atomic E-state index is -4.81. The third-order valence-electron chi connectivity index (χ3n) is 2.54. The van der Waals surface area contributed by atoms with Gasteiger partial charge in [-0.2, -0.15) is 13.2 Å². The number of methoxy groups -OCH3 is 2. The van der Waals surface area contributed by atoms with Gasteiger partial charge in [0.05, 0.1) is 24.7 Å². The Morgan fingerprint density at radius 1 is 1.21 bits per heavy atom. The molecule has 108 valence electrons. The largest absolute Gasteiger partial charge is 0.496 e. The highest BCUT2D eigenvalue weighted by Gasteiger charge is 2.43. The van der Waals surface area contributed by atoms with E-state index in [1.165, 1.54) is 26.4 Å². The standard InChI is InChI=1S/C11H13BrF3NO3/c1-18-7-4-6(12)8(19-2)3-5(7)9(16)10(17)11(13,14)15/h3-4,9-10,17H,16H2,1-2H3/t9-,10-/m0/s1. The Morgan fingerprint density at radius 3 is 2.16 bits per heavy atom. The van der Waals surface area contributed by atoms with Crippen LogP contribution >= 0.6 is 15.9 Å². The summed E-state index contributed by atoms with van der Waals surface area (Å²) in [6, 6.07) is 1.05. The number of alkyl halides is 3. The number of hydrogen-bond acceptors (Lipinski definition) is 4. The van der Waals surface area contributed by atoms with Gasteiger partial charge < -0.3 is 20.3 Å². The van der Waals surface area contributed by atoms with Crippen LogP contribution in [0.15, 0.2) is 16.6 Å². The predicted molar refractivity (Wildman–Crippen MR) is 66.2 cm³/mol. The fourth-order valence-corrected chi connectivity index (χ4v) is 2.00. The average Bonchev–Trinajstić information content (AvgIpc) is 2.35. The Kier molecular flexibility index (Phi) is 5.05. The van der Waals surface area contributed by atoms with Gasteiger partial charge in [-0.1, -0.05) is 0 Å². The molecule has 0 saturated carbocycles. The molecule has 1 rings (SSSR count). The van der Waals surface area contributed by atoms with Gasteiger partial charge in [0.25, 0.3) is 0 Å². The second-order valence-electron chi connectivity index (χ2n) is 3.74. The van der Waals surface area contributed by atoms with E-state index >= 15 is 0 Å². The third kappa shape index (κ3) is 3.52. The molecule has 2 atom stereocenters. The number of aliphatic hydroxyl groups is 1. The van der Waals surface area contributed by atoms with Crippen LogP contribution in [0.4, 0.5) is 13.2 Å². The molecule has 0 bridgehead atoms. The van der Waals surface area contributed by atoms with E-state index in [1.807, 2.05) is 0 Å². The molecule has 0 radical (unpaired) electrons. The van der Waals surface area contributed by atoms with Crippen LogP contribution < -0.4 is 15.2 Å². The summed E-state index contributed by atoms with van der Waals surface area (Å²) in [6.07, 6.45) is -7.50. The van der Waals surface area contributed by atoms with Gasteiger partial charge in [-0.3, -0.25) is 0 Å². The number of benzene rings is 1. The minimum absolute atomic E-state index is 0.00683. The number of ether oxygens (including phenoxy) is 2. The highest BCUT2D eigenvalue weighted by Crippen LogP contribution is 2.38. The Bertz CT molecular complexity index is 454. The minimum Gasteiger partial charge on any atom is -0.496 e. The quantitative estimate of drug-likeness (QED) is 0.880. The van der Waals surface area contributed by atoms with E-state index < -0.39 is 18.3 Å². The van der Waals surface area contributed by atoms with Crippen molar-refractivity contribution in [3.8, 4) is 11.5 Å². The normalized spacial score (nSPS) is 14.9. The van der Waals surface area contributed by atoms with E-state index in [9.17, 15) is 18.3 Å². The van der Waals surface area contributed by atoms with Gasteiger partial charge in [0, 0.05) is 5.56 Å². The monoisotopic (exact) mass is 343 g/mol. The van der Waals surface area contributed by atoms with Crippen LogP contribution in [0.5, 0.6) is 11.5 Å². The van der Waals surface area contributed by atoms with Crippen molar-refractivity contribution in [1.29, 1.82) is 0 Å². The van der Waals surface area contributed by atoms with Gasteiger partial charge in [-0.15, -0.1) is 0 Å². The first-order valence-electron chi connectivity index (χ1n) is 5.14. The molecule has 8 heteroatoms. The molecule has 0 aromatic heterocycles. The molecule has 0 saturated heterocycles. The third-order valence-corrected chi connectivity index (χ3v) is 3.16. The maximum absolute atomic E-state index is 12.5. The van der Waals surface area contributed by atoms with Crippen molar-refractivity contribution in [3.05, 3.63) is 22.2 Å². The van der Waals surface area contributed by atoms with Gasteiger partial charge in [-0.05, 0) is 28.1 Å². The number of rotatable bonds is 4. The Balaban J connectivity index is 3.25. The Morgan fingerprint density at radius 2 is 1.74 bits per heavy atom. The first-order valence-corrected chi connectivity index (χ1v) is 5.93. The van der Waals surface area contributed by atoms with E-state index in [1.54, 1.807) is 0 Å². The van der Waals surface area contributed by atoms with Crippen molar-refractivity contribution in [1.82, 2.24) is 0 Å². The molecule has 0 aliphatic heterocycles. The van der Waals surface area contributed by atoms with Crippen molar-refractivity contribution in [2.45, 2.75) is 18.3 Å². The summed E-state index contributed by atoms with van der Waals surface area (Å²) in [5, 5.41) is 9.20. The van der Waals surface area contributed by atoms with Crippen LogP contribution in [0.25, 0.3) is 0 Å². The first kappa shape index (κ1) is 16.1. The summed E-state index contributed by atoms with van der Waals surface area (Å²) < 4.78 is 47.9. The van der Waals surface area contributed by atoms with Gasteiger partial charge in [0.15, 0.2) is 6.10 Å². The van der Waals surface area contributed by atoms with Crippen LogP contribution in [0.3, 0.4) is 0 Å². The predicted octanol–water partition coefficient (Wildman–Crippen LogP) is 2.39. The summed E-state index contributed by atoms with van der Waals surface area (Å²) >= 11 is 3.18. The molecule has 3 N–H and O–H groups in total. The zero-order valence-corrected chi connectivity index (χ0v) is 11.7. The average molecular weight is 344 g/mol. The lowest BCUT2D eigenvalue weighted by molar-refractivity contribution is -0.210. The van der Waals surface area contributed by atoms with Crippen LogP contribution in [0.2, 0.25) is 0 Å². The van der Waals surface area contributed by atoms with Crippen LogP contribution in [-0.4, -0.2) is 31.6 Å². The van der Waals surface area contributed by atoms with Crippen molar-refractivity contribution >= 4 is 15.9 Å². The van der Waals surface area contributed by atoms with Gasteiger partial charge in [0.2, 0.25) is 0 Å². The molecular formula is C11H13BrF3NO3. The van der Waals surface area contributed by atoms with Gasteiger partial charge >= 0.3 is 6.18 Å². The summed E-state index contributed by atoms with van der Waals surface area (Å²) in [5.41, 5.74) is 5.46. The van der Waals surface area contributed by atoms with Crippen molar-refractivity contribution in [2.75, 3.05) is 14.2 Å². The molecule has 0 heterocycles. The molecule has 1 aromatic carbocycles. The number of hydrogen-bond donors (Lipinski definition) is 2. The molecule has 1 aromatic rings. The molecular weight excluding hydrogens is 331 g/mol. The fourth-order valence-electron chi connectivity index (χ4n) is 1.52. The second kappa shape index (κ2) is 5.98. The fraction of sp³-hybridized carbons (Fsp3) is 0.455. The van der Waals surface area contributed by atoms with Gasteiger partial charge in [-0.25, -0.2) is 0 Å². The van der Waals surface area contributed by atoms with Crippen molar-refractivity contribution in [2.24, 2.45) is 5.73 Å². The zero-order chi connectivity index (χ0) is 14.8. The maximum atomic E-state index is 12.5. The lowest BCUT2D eigenvalue weighted by atomic mass is 10.0. The van der Waals surface area contributed by atoms with E-state index in [0.717, 1.165) is 0 Å². The summed E-state index contributed by atoms with van der Waals surface area (Å²) in [5.74, 6) is 0.420. The second-order valence-corrected chi connectivity index (χ2v) is 4.60. The smallest absolute Gasteiger partial charge is 0.416 e. The van der Waals surface area contributed by atoms with Crippen LogP contribution in [0, 0.1) is 0 Å². The zero-order valence-electron chi connectivity index (χ0n) is 10.2. The summed E-state index contributed by atoms with van der Waals surface area (Å²) in [7, 11) is 2.66. The summed E-state index contributed by atoms with van der Waals surface area (Å²) in [6.45, 7) is 0. The Hall–Kier alpha value is -0.990. The molecule has 0 aliphatic carbocycles. The number of aliphatic hydroxyl groups excluding tert-OH is 1. The number of nitrogens with two attached hydrogens (primary N) is 1. The highest BCUT2D eigenvalue weighted by atomic mass is 79.9. The van der Waals surface area contributed by atoms with E-state index in [0.29, 0.717) is 10.2 Å². The SMILES string of the molecule is COc1cc([C@H](N)[C@H](O)C(F)(F)F)c(OC)cc1Br. The lowest BCUT2D eigenvalue weighted by Crippen LogP contribution is -2.39. The molecule has 0 unspecified atom stereocenters. The van der Waals surface area contributed by atoms with Crippen LogP contribution in [-0.2, 0) is 0 Å². The van der Waals surface area contributed by atoms with E-state index in [-0.39, 0.29) is 11.3 Å². The molecule has 0 aliphatic rings. The molecule has 4 nitrogen and oxygen atoms in total. The molecule has 0 fully saturated rings. The van der Waals surface area contributed by atoms with E-state index in [2.05, 4.69) is 15.9 Å². The highest BCUT2D eigenvalue weighted by molar-refractivity contribution is 9.10. The maximum Gasteiger partial charge on any atom is 0.416 e. The first-order chi connectivity index (χ1) is 8.72. The van der Waals surface area contributed by atoms with E-state index in [4.69, 9.17) is 15.2 Å². The van der Waals surface area contributed by atoms with Crippen molar-refractivity contribution < 1.29 is 27.8 Å². The molecule has 0 amide bonds.